The first kappa shape index (κ1) is 17.2. The Morgan fingerprint density at radius 1 is 1.33 bits per heavy atom. The Bertz CT molecular complexity index is 613. The van der Waals surface area contributed by atoms with E-state index in [0.29, 0.717) is 25.4 Å². The van der Waals surface area contributed by atoms with Crippen molar-refractivity contribution in [3.8, 4) is 5.88 Å². The van der Waals surface area contributed by atoms with Gasteiger partial charge in [-0.05, 0) is 33.8 Å². The fourth-order valence-corrected chi connectivity index (χ4v) is 2.75. The molecule has 0 radical (unpaired) electrons. The Balaban J connectivity index is 1.70. The monoisotopic (exact) mass is 332 g/mol. The number of amides is 1. The minimum absolute atomic E-state index is 0.0310. The maximum absolute atomic E-state index is 11.6. The summed E-state index contributed by atoms with van der Waals surface area (Å²) in [5.41, 5.74) is -0.0339. The van der Waals surface area contributed by atoms with Crippen LogP contribution in [0.2, 0.25) is 0 Å². The summed E-state index contributed by atoms with van der Waals surface area (Å²) < 4.78 is 18.2. The van der Waals surface area contributed by atoms with E-state index >= 15 is 0 Å². The molecule has 2 fully saturated rings. The van der Waals surface area contributed by atoms with Crippen molar-refractivity contribution in [2.45, 2.75) is 58.3 Å². The minimum Gasteiger partial charge on any atom is -0.471 e. The smallest absolute Gasteiger partial charge is 0.471 e. The number of aromatic nitrogens is 1. The van der Waals surface area contributed by atoms with Gasteiger partial charge in [-0.3, -0.25) is 4.79 Å². The summed E-state index contributed by atoms with van der Waals surface area (Å²) >= 11 is 0. The first-order chi connectivity index (χ1) is 11.2. The summed E-state index contributed by atoms with van der Waals surface area (Å²) in [5.74, 6) is 0.673. The number of rotatable bonds is 4. The van der Waals surface area contributed by atoms with E-state index in [9.17, 15) is 4.79 Å². The molecule has 0 aliphatic carbocycles. The van der Waals surface area contributed by atoms with Crippen molar-refractivity contribution in [1.29, 1.82) is 0 Å². The molecule has 0 unspecified atom stereocenters. The second-order valence-electron chi connectivity index (χ2n) is 7.38. The van der Waals surface area contributed by atoms with Crippen LogP contribution in [0.3, 0.4) is 0 Å². The van der Waals surface area contributed by atoms with Crippen LogP contribution in [0.25, 0.3) is 0 Å². The first-order valence-corrected chi connectivity index (χ1v) is 8.48. The average molecular weight is 332 g/mol. The standard InChI is InChI=1S/C17H25BN2O4/c1-6-14(21)20-10-12(11-20)22-15-13(8-7-9-19-15)18-23-16(2,3)17(4,5)24-18/h7-9,12H,6,10-11H2,1-5H3. The van der Waals surface area contributed by atoms with Crippen LogP contribution in [0.4, 0.5) is 0 Å². The van der Waals surface area contributed by atoms with Gasteiger partial charge in [0.2, 0.25) is 11.8 Å². The van der Waals surface area contributed by atoms with Crippen molar-refractivity contribution < 1.29 is 18.8 Å². The molecule has 7 heteroatoms. The van der Waals surface area contributed by atoms with Gasteiger partial charge in [0.05, 0.1) is 24.3 Å². The van der Waals surface area contributed by atoms with E-state index in [2.05, 4.69) is 4.98 Å². The fourth-order valence-electron chi connectivity index (χ4n) is 2.75. The van der Waals surface area contributed by atoms with Crippen LogP contribution in [0.15, 0.2) is 18.3 Å². The zero-order valence-electron chi connectivity index (χ0n) is 15.0. The summed E-state index contributed by atoms with van der Waals surface area (Å²) in [6.45, 7) is 11.1. The number of carbonyl (C=O) groups is 1. The quantitative estimate of drug-likeness (QED) is 0.780. The largest absolute Gasteiger partial charge is 0.500 e. The van der Waals surface area contributed by atoms with Gasteiger partial charge in [0, 0.05) is 18.1 Å². The van der Waals surface area contributed by atoms with Gasteiger partial charge in [-0.1, -0.05) is 13.0 Å². The van der Waals surface area contributed by atoms with Gasteiger partial charge >= 0.3 is 7.12 Å². The molecule has 2 aliphatic heterocycles. The van der Waals surface area contributed by atoms with Crippen molar-refractivity contribution in [2.75, 3.05) is 13.1 Å². The van der Waals surface area contributed by atoms with E-state index in [4.69, 9.17) is 14.0 Å². The zero-order valence-corrected chi connectivity index (χ0v) is 15.0. The maximum atomic E-state index is 11.6. The summed E-state index contributed by atoms with van der Waals surface area (Å²) in [7, 11) is -0.507. The Hall–Kier alpha value is -1.60. The van der Waals surface area contributed by atoms with E-state index < -0.39 is 18.3 Å². The highest BCUT2D eigenvalue weighted by molar-refractivity contribution is 6.63. The number of carbonyl (C=O) groups excluding carboxylic acids is 1. The predicted octanol–water partition coefficient (Wildman–Crippen LogP) is 1.38. The molecular formula is C17H25BN2O4. The molecule has 2 saturated heterocycles. The average Bonchev–Trinajstić information content (AvgIpc) is 2.70. The van der Waals surface area contributed by atoms with Gasteiger partial charge in [0.1, 0.15) is 6.10 Å². The van der Waals surface area contributed by atoms with Crippen molar-refractivity contribution in [1.82, 2.24) is 9.88 Å². The van der Waals surface area contributed by atoms with Gasteiger partial charge in [0.15, 0.2) is 0 Å². The molecule has 0 N–H and O–H groups in total. The summed E-state index contributed by atoms with van der Waals surface area (Å²) in [6, 6.07) is 3.76. The molecule has 1 aromatic rings. The molecule has 0 atom stereocenters. The zero-order chi connectivity index (χ0) is 17.5. The van der Waals surface area contributed by atoms with Gasteiger partial charge in [-0.2, -0.15) is 0 Å². The third-order valence-corrected chi connectivity index (χ3v) is 5.09. The number of ether oxygens (including phenoxy) is 1. The molecule has 2 aliphatic rings. The predicted molar refractivity (Wildman–Crippen MR) is 91.2 cm³/mol. The third kappa shape index (κ3) is 3.02. The lowest BCUT2D eigenvalue weighted by molar-refractivity contribution is -0.139. The number of pyridine rings is 1. The molecule has 0 aromatic carbocycles. The lowest BCUT2D eigenvalue weighted by atomic mass is 9.79. The highest BCUT2D eigenvalue weighted by atomic mass is 16.7. The van der Waals surface area contributed by atoms with Crippen LogP contribution in [-0.4, -0.2) is 53.3 Å². The Morgan fingerprint density at radius 2 is 1.96 bits per heavy atom. The van der Waals surface area contributed by atoms with E-state index in [1.165, 1.54) is 0 Å². The fraction of sp³-hybridized carbons (Fsp3) is 0.647. The normalized spacial score (nSPS) is 22.4. The van der Waals surface area contributed by atoms with Gasteiger partial charge in [0.25, 0.3) is 0 Å². The summed E-state index contributed by atoms with van der Waals surface area (Å²) in [6.07, 6.45) is 2.18. The summed E-state index contributed by atoms with van der Waals surface area (Å²) in [5, 5.41) is 0. The number of likely N-dealkylation sites (tertiary alicyclic amines) is 1. The highest BCUT2D eigenvalue weighted by Gasteiger charge is 2.52. The van der Waals surface area contributed by atoms with Gasteiger partial charge in [-0.15, -0.1) is 0 Å². The molecule has 24 heavy (non-hydrogen) atoms. The number of hydrogen-bond donors (Lipinski definition) is 0. The lowest BCUT2D eigenvalue weighted by Gasteiger charge is -2.38. The van der Waals surface area contributed by atoms with Gasteiger partial charge in [-0.25, -0.2) is 4.98 Å². The van der Waals surface area contributed by atoms with Crippen LogP contribution in [0.1, 0.15) is 41.0 Å². The minimum atomic E-state index is -0.507. The van der Waals surface area contributed by atoms with Crippen molar-refractivity contribution >= 4 is 18.5 Å². The van der Waals surface area contributed by atoms with Crippen molar-refractivity contribution in [3.63, 3.8) is 0 Å². The molecule has 6 nitrogen and oxygen atoms in total. The van der Waals surface area contributed by atoms with Crippen LogP contribution in [0, 0.1) is 0 Å². The molecule has 130 valence electrons. The number of nitrogens with zero attached hydrogens (tertiary/aromatic N) is 2. The topological polar surface area (TPSA) is 60.9 Å². The van der Waals surface area contributed by atoms with Crippen molar-refractivity contribution in [2.24, 2.45) is 0 Å². The Kier molecular flexibility index (Phi) is 4.34. The highest BCUT2D eigenvalue weighted by Crippen LogP contribution is 2.37. The molecule has 1 amide bonds. The molecular weight excluding hydrogens is 307 g/mol. The van der Waals surface area contributed by atoms with Crippen molar-refractivity contribution in [3.05, 3.63) is 18.3 Å². The third-order valence-electron chi connectivity index (χ3n) is 5.09. The van der Waals surface area contributed by atoms with Crippen LogP contribution < -0.4 is 10.2 Å². The van der Waals surface area contributed by atoms with E-state index in [0.717, 1.165) is 5.46 Å². The van der Waals surface area contributed by atoms with E-state index in [1.807, 2.05) is 46.8 Å². The number of hydrogen-bond acceptors (Lipinski definition) is 5. The van der Waals surface area contributed by atoms with E-state index in [-0.39, 0.29) is 12.0 Å². The second-order valence-corrected chi connectivity index (χ2v) is 7.38. The van der Waals surface area contributed by atoms with Crippen LogP contribution in [-0.2, 0) is 14.1 Å². The van der Waals surface area contributed by atoms with Crippen LogP contribution in [0.5, 0.6) is 5.88 Å². The molecule has 3 heterocycles. The van der Waals surface area contributed by atoms with E-state index in [1.54, 1.807) is 11.1 Å². The SMILES string of the molecule is CCC(=O)N1CC(Oc2ncccc2B2OC(C)(C)C(C)(C)O2)C1. The molecule has 0 bridgehead atoms. The molecule has 0 saturated carbocycles. The van der Waals surface area contributed by atoms with Crippen LogP contribution >= 0.6 is 0 Å². The molecule has 0 spiro atoms. The molecule has 1 aromatic heterocycles. The Labute approximate surface area is 143 Å². The maximum Gasteiger partial charge on any atom is 0.500 e. The summed E-state index contributed by atoms with van der Waals surface area (Å²) in [4.78, 5) is 17.8. The first-order valence-electron chi connectivity index (χ1n) is 8.48. The van der Waals surface area contributed by atoms with Gasteiger partial charge < -0.3 is 18.9 Å². The second kappa shape index (κ2) is 6.04. The molecule has 3 rings (SSSR count). The Morgan fingerprint density at radius 3 is 2.54 bits per heavy atom. The lowest BCUT2D eigenvalue weighted by Crippen LogP contribution is -2.56.